The number of carbonyl (C=O) groups excluding carboxylic acids is 1. The normalized spacial score (nSPS) is 11.7. The molecule has 0 unspecified atom stereocenters. The molecule has 1 aromatic carbocycles. The zero-order valence-corrected chi connectivity index (χ0v) is 16.2. The predicted molar refractivity (Wildman–Crippen MR) is 103 cm³/mol. The molecular formula is C17H26N4O2S. The lowest BCUT2D eigenvalue weighted by molar-refractivity contribution is -0.123. The first-order valence-corrected chi connectivity index (χ1v) is 7.98. The van der Waals surface area contributed by atoms with Crippen LogP contribution in [0.4, 0.5) is 11.4 Å². The fraction of sp³-hybridized carbons (Fsp3) is 0.471. The Morgan fingerprint density at radius 3 is 2.29 bits per heavy atom. The van der Waals surface area contributed by atoms with Gasteiger partial charge in [-0.3, -0.25) is 4.79 Å². The summed E-state index contributed by atoms with van der Waals surface area (Å²) in [5.41, 5.74) is 0.881. The molecule has 24 heavy (non-hydrogen) atoms. The van der Waals surface area contributed by atoms with Gasteiger partial charge in [-0.05, 0) is 30.4 Å². The Morgan fingerprint density at radius 1 is 1.17 bits per heavy atom. The lowest BCUT2D eigenvalue weighted by Gasteiger charge is -2.20. The molecule has 0 aliphatic rings. The minimum atomic E-state index is -0.463. The van der Waals surface area contributed by atoms with Crippen molar-refractivity contribution in [1.82, 2.24) is 9.80 Å². The van der Waals surface area contributed by atoms with Crippen LogP contribution in [0, 0.1) is 5.41 Å². The summed E-state index contributed by atoms with van der Waals surface area (Å²) in [6.07, 6.45) is 0. The largest absolute Gasteiger partial charge is 0.398 e. The highest BCUT2D eigenvalue weighted by Gasteiger charge is 2.21. The number of amidine groups is 1. The van der Waals surface area contributed by atoms with Gasteiger partial charge in [0, 0.05) is 39.3 Å². The molecule has 0 heterocycles. The third-order valence-corrected chi connectivity index (χ3v) is 3.38. The maximum atomic E-state index is 12.1. The highest BCUT2D eigenvalue weighted by molar-refractivity contribution is 7.80. The van der Waals surface area contributed by atoms with Crippen molar-refractivity contribution in [3.8, 4) is 0 Å². The van der Waals surface area contributed by atoms with Crippen LogP contribution in [0.5, 0.6) is 0 Å². The number of carbonyl (C=O) groups is 1. The Morgan fingerprint density at radius 2 is 1.79 bits per heavy atom. The van der Waals surface area contributed by atoms with Crippen LogP contribution >= 0.6 is 12.2 Å². The van der Waals surface area contributed by atoms with Crippen molar-refractivity contribution in [2.24, 2.45) is 10.4 Å². The first-order chi connectivity index (χ1) is 11.0. The van der Waals surface area contributed by atoms with Gasteiger partial charge >= 0.3 is 0 Å². The molecule has 0 saturated heterocycles. The summed E-state index contributed by atoms with van der Waals surface area (Å²) in [6.45, 7) is 5.60. The first kappa shape index (κ1) is 19.9. The van der Waals surface area contributed by atoms with Crippen molar-refractivity contribution in [3.63, 3.8) is 0 Å². The van der Waals surface area contributed by atoms with Gasteiger partial charge in [-0.25, -0.2) is 0 Å². The van der Waals surface area contributed by atoms with E-state index in [0.29, 0.717) is 22.6 Å². The highest BCUT2D eigenvalue weighted by Crippen LogP contribution is 2.22. The number of hydrogen-bond acceptors (Lipinski definition) is 4. The van der Waals surface area contributed by atoms with Crippen LogP contribution in [-0.2, 0) is 9.53 Å². The van der Waals surface area contributed by atoms with Crippen molar-refractivity contribution in [2.45, 2.75) is 20.8 Å². The molecule has 6 nitrogen and oxygen atoms in total. The summed E-state index contributed by atoms with van der Waals surface area (Å²) in [5.74, 6) is -0.0542. The molecule has 7 heteroatoms. The minimum Gasteiger partial charge on any atom is -0.398 e. The van der Waals surface area contributed by atoms with Gasteiger partial charge in [0.25, 0.3) is 11.2 Å². The van der Waals surface area contributed by atoms with Crippen LogP contribution in [-0.4, -0.2) is 55.1 Å². The van der Waals surface area contributed by atoms with Gasteiger partial charge in [0.2, 0.25) is 5.91 Å². The van der Waals surface area contributed by atoms with Crippen LogP contribution in [0.25, 0.3) is 0 Å². The van der Waals surface area contributed by atoms with E-state index in [1.165, 1.54) is 0 Å². The number of aliphatic imine (C=N–C) groups is 1. The second-order valence-corrected chi connectivity index (χ2v) is 7.15. The van der Waals surface area contributed by atoms with E-state index >= 15 is 0 Å². The molecule has 0 saturated carbocycles. The van der Waals surface area contributed by atoms with Crippen LogP contribution in [0.15, 0.2) is 29.3 Å². The number of rotatable bonds is 2. The molecule has 0 aliphatic heterocycles. The maximum Gasteiger partial charge on any atom is 0.299 e. The molecule has 1 amide bonds. The van der Waals surface area contributed by atoms with Crippen LogP contribution in [0.1, 0.15) is 20.8 Å². The molecule has 1 rings (SSSR count). The topological polar surface area (TPSA) is 57.2 Å². The molecule has 0 aromatic heterocycles. The van der Waals surface area contributed by atoms with E-state index in [-0.39, 0.29) is 5.91 Å². The van der Waals surface area contributed by atoms with Gasteiger partial charge in [-0.1, -0.05) is 26.8 Å². The number of nitrogens with zero attached hydrogens (tertiary/aromatic N) is 3. The molecule has 0 radical (unpaired) electrons. The van der Waals surface area contributed by atoms with E-state index in [1.54, 1.807) is 30.0 Å². The predicted octanol–water partition coefficient (Wildman–Crippen LogP) is 3.08. The van der Waals surface area contributed by atoms with Gasteiger partial charge in [0.15, 0.2) is 0 Å². The van der Waals surface area contributed by atoms with Crippen molar-refractivity contribution in [1.29, 1.82) is 0 Å². The SMILES string of the molecule is CN(C)C(=S)OC(=Nc1cccc(NC(=O)C(C)(C)C)c1)N(C)C. The van der Waals surface area contributed by atoms with Crippen molar-refractivity contribution in [2.75, 3.05) is 33.5 Å². The number of nitrogens with one attached hydrogen (secondary N) is 1. The summed E-state index contributed by atoms with van der Waals surface area (Å²) in [6, 6.07) is 7.64. The third kappa shape index (κ3) is 6.16. The van der Waals surface area contributed by atoms with Gasteiger partial charge in [0.1, 0.15) is 0 Å². The zero-order chi connectivity index (χ0) is 18.5. The van der Waals surface area contributed by atoms with E-state index in [1.807, 2.05) is 53.1 Å². The number of benzene rings is 1. The quantitative estimate of drug-likeness (QED) is 0.505. The molecule has 0 atom stereocenters. The average Bonchev–Trinajstić information content (AvgIpc) is 2.45. The van der Waals surface area contributed by atoms with Gasteiger partial charge in [-0.15, -0.1) is 0 Å². The Balaban J connectivity index is 3.01. The molecular weight excluding hydrogens is 324 g/mol. The first-order valence-electron chi connectivity index (χ1n) is 7.57. The maximum absolute atomic E-state index is 12.1. The van der Waals surface area contributed by atoms with Crippen LogP contribution < -0.4 is 5.32 Å². The zero-order valence-electron chi connectivity index (χ0n) is 15.4. The number of amides is 1. The molecule has 1 aromatic rings. The molecule has 1 N–H and O–H groups in total. The molecule has 0 fully saturated rings. The van der Waals surface area contributed by atoms with E-state index < -0.39 is 5.41 Å². The molecule has 0 bridgehead atoms. The smallest absolute Gasteiger partial charge is 0.299 e. The lowest BCUT2D eigenvalue weighted by atomic mass is 9.95. The van der Waals surface area contributed by atoms with Crippen molar-refractivity contribution < 1.29 is 9.53 Å². The van der Waals surface area contributed by atoms with Gasteiger partial charge in [0.05, 0.1) is 5.69 Å². The Kier molecular flexibility index (Phi) is 6.71. The van der Waals surface area contributed by atoms with Gasteiger partial charge < -0.3 is 19.9 Å². The second kappa shape index (κ2) is 8.10. The summed E-state index contributed by atoms with van der Waals surface area (Å²) in [7, 11) is 7.25. The Bertz CT molecular complexity index is 634. The number of anilines is 1. The molecule has 0 spiro atoms. The second-order valence-electron chi connectivity index (χ2n) is 6.81. The Labute approximate surface area is 149 Å². The Hall–Kier alpha value is -2.15. The summed E-state index contributed by atoms with van der Waals surface area (Å²) in [4.78, 5) is 20.0. The van der Waals surface area contributed by atoms with Crippen molar-refractivity contribution in [3.05, 3.63) is 24.3 Å². The van der Waals surface area contributed by atoms with E-state index in [2.05, 4.69) is 10.3 Å². The fourth-order valence-corrected chi connectivity index (χ4v) is 1.54. The third-order valence-electron chi connectivity index (χ3n) is 2.94. The van der Waals surface area contributed by atoms with E-state index in [4.69, 9.17) is 17.0 Å². The lowest BCUT2D eigenvalue weighted by Crippen LogP contribution is -2.32. The molecule has 132 valence electrons. The van der Waals surface area contributed by atoms with Crippen LogP contribution in [0.2, 0.25) is 0 Å². The monoisotopic (exact) mass is 350 g/mol. The fourth-order valence-electron chi connectivity index (χ4n) is 1.47. The standard InChI is InChI=1S/C17H26N4O2S/c1-17(2,3)14(22)18-12-9-8-10-13(11-12)19-15(20(4)5)23-16(24)21(6)7/h8-11H,1-7H3,(H,18,22). The summed E-state index contributed by atoms with van der Waals surface area (Å²) in [5, 5.41) is 3.21. The van der Waals surface area contributed by atoms with Crippen molar-refractivity contribution >= 4 is 40.7 Å². The number of ether oxygens (including phenoxy) is 1. The van der Waals surface area contributed by atoms with E-state index in [9.17, 15) is 4.79 Å². The van der Waals surface area contributed by atoms with E-state index in [0.717, 1.165) is 0 Å². The summed E-state index contributed by atoms with van der Waals surface area (Å²) < 4.78 is 5.60. The molecule has 0 aliphatic carbocycles. The minimum absolute atomic E-state index is 0.0542. The number of thiocarbonyl (C=S) groups is 1. The van der Waals surface area contributed by atoms with Crippen LogP contribution in [0.3, 0.4) is 0 Å². The average molecular weight is 350 g/mol. The highest BCUT2D eigenvalue weighted by atomic mass is 32.1. The number of hydrogen-bond donors (Lipinski definition) is 1. The summed E-state index contributed by atoms with van der Waals surface area (Å²) >= 11 is 5.15. The van der Waals surface area contributed by atoms with Gasteiger partial charge in [-0.2, -0.15) is 4.99 Å².